The molecule has 108 valence electrons. The highest BCUT2D eigenvalue weighted by Gasteiger charge is 2.05. The molecule has 0 radical (unpaired) electrons. The van der Waals surface area contributed by atoms with Gasteiger partial charge in [0.05, 0.1) is 0 Å². The van der Waals surface area contributed by atoms with Crippen molar-refractivity contribution in [2.75, 3.05) is 11.9 Å². The summed E-state index contributed by atoms with van der Waals surface area (Å²) in [6.45, 7) is -0.103. The molecule has 2 aromatic carbocycles. The third-order valence-corrected chi connectivity index (χ3v) is 3.11. The number of rotatable bonds is 5. The van der Waals surface area contributed by atoms with Gasteiger partial charge < -0.3 is 15.8 Å². The molecule has 0 aliphatic heterocycles. The van der Waals surface area contributed by atoms with E-state index in [4.69, 9.17) is 10.5 Å². The topological polar surface area (TPSA) is 81.4 Å². The lowest BCUT2D eigenvalue weighted by molar-refractivity contribution is -0.118. The minimum Gasteiger partial charge on any atom is -0.484 e. The van der Waals surface area contributed by atoms with Crippen molar-refractivity contribution in [2.45, 2.75) is 0 Å². The fraction of sp³-hybridized carbons (Fsp3) is 0.0667. The number of hydrogen-bond acceptors (Lipinski definition) is 3. The van der Waals surface area contributed by atoms with Crippen LogP contribution in [0.1, 0.15) is 10.4 Å². The van der Waals surface area contributed by atoms with Crippen molar-refractivity contribution < 1.29 is 14.3 Å². The number of carbonyl (C=O) groups excluding carboxylic acids is 2. The van der Waals surface area contributed by atoms with E-state index >= 15 is 0 Å². The predicted molar refractivity (Wildman–Crippen MR) is 83.2 cm³/mol. The lowest BCUT2D eigenvalue weighted by Crippen LogP contribution is -2.20. The average Bonchev–Trinajstić information content (AvgIpc) is 2.46. The number of primary amides is 1. The van der Waals surface area contributed by atoms with E-state index in [9.17, 15) is 9.59 Å². The maximum Gasteiger partial charge on any atom is 0.262 e. The normalized spacial score (nSPS) is 9.95. The summed E-state index contributed by atoms with van der Waals surface area (Å²) in [5.74, 6) is -0.198. The molecule has 0 fully saturated rings. The van der Waals surface area contributed by atoms with Crippen LogP contribution in [0.25, 0.3) is 0 Å². The van der Waals surface area contributed by atoms with Gasteiger partial charge in [-0.15, -0.1) is 0 Å². The van der Waals surface area contributed by atoms with E-state index in [0.717, 1.165) is 4.47 Å². The summed E-state index contributed by atoms with van der Waals surface area (Å²) in [5.41, 5.74) is 6.10. The highest BCUT2D eigenvalue weighted by atomic mass is 79.9. The maximum atomic E-state index is 11.8. The molecule has 0 saturated heterocycles. The number of hydrogen-bond donors (Lipinski definition) is 2. The second kappa shape index (κ2) is 6.90. The monoisotopic (exact) mass is 348 g/mol. The van der Waals surface area contributed by atoms with Crippen LogP contribution >= 0.6 is 15.9 Å². The van der Waals surface area contributed by atoms with Crippen LogP contribution in [-0.2, 0) is 4.79 Å². The van der Waals surface area contributed by atoms with Crippen LogP contribution in [0.5, 0.6) is 5.75 Å². The SMILES string of the molecule is NC(=O)c1ccc(NC(=O)COc2cccc(Br)c2)cc1. The van der Waals surface area contributed by atoms with Gasteiger partial charge >= 0.3 is 0 Å². The van der Waals surface area contributed by atoms with Gasteiger partial charge in [-0.25, -0.2) is 0 Å². The Labute approximate surface area is 130 Å². The summed E-state index contributed by atoms with van der Waals surface area (Å²) in [7, 11) is 0. The predicted octanol–water partition coefficient (Wildman–Crippen LogP) is 2.57. The van der Waals surface area contributed by atoms with Crippen molar-refractivity contribution in [3.8, 4) is 5.75 Å². The summed E-state index contributed by atoms with van der Waals surface area (Å²) in [4.78, 5) is 22.7. The fourth-order valence-electron chi connectivity index (χ4n) is 1.62. The summed E-state index contributed by atoms with van der Waals surface area (Å²) >= 11 is 3.32. The number of ether oxygens (including phenoxy) is 1. The Balaban J connectivity index is 1.88. The molecule has 0 atom stereocenters. The first kappa shape index (κ1) is 15.1. The molecule has 0 heterocycles. The molecule has 0 bridgehead atoms. The molecule has 2 aromatic rings. The molecule has 2 rings (SSSR count). The highest BCUT2D eigenvalue weighted by Crippen LogP contribution is 2.17. The van der Waals surface area contributed by atoms with Crippen LogP contribution < -0.4 is 15.8 Å². The van der Waals surface area contributed by atoms with Crippen LogP contribution in [0.2, 0.25) is 0 Å². The molecule has 0 aromatic heterocycles. The molecule has 0 aliphatic carbocycles. The van der Waals surface area contributed by atoms with Gasteiger partial charge in [0.15, 0.2) is 6.61 Å². The number of benzene rings is 2. The number of amides is 2. The van der Waals surface area contributed by atoms with E-state index in [0.29, 0.717) is 17.0 Å². The first-order chi connectivity index (χ1) is 10.0. The Bertz CT molecular complexity index is 656. The molecule has 5 nitrogen and oxygen atoms in total. The van der Waals surface area contributed by atoms with Crippen LogP contribution in [0, 0.1) is 0 Å². The lowest BCUT2D eigenvalue weighted by atomic mass is 10.2. The number of carbonyl (C=O) groups is 2. The number of anilines is 1. The van der Waals surface area contributed by atoms with E-state index < -0.39 is 5.91 Å². The van der Waals surface area contributed by atoms with Crippen LogP contribution in [0.3, 0.4) is 0 Å². The van der Waals surface area contributed by atoms with E-state index in [2.05, 4.69) is 21.2 Å². The van der Waals surface area contributed by atoms with Crippen molar-refractivity contribution in [2.24, 2.45) is 5.73 Å². The average molecular weight is 349 g/mol. The maximum absolute atomic E-state index is 11.8. The Morgan fingerprint density at radius 2 is 1.86 bits per heavy atom. The first-order valence-corrected chi connectivity index (χ1v) is 6.92. The second-order valence-electron chi connectivity index (χ2n) is 4.24. The van der Waals surface area contributed by atoms with Gasteiger partial charge in [0.2, 0.25) is 5.91 Å². The lowest BCUT2D eigenvalue weighted by Gasteiger charge is -2.08. The third-order valence-electron chi connectivity index (χ3n) is 2.62. The molecule has 0 spiro atoms. The van der Waals surface area contributed by atoms with Gasteiger partial charge in [-0.2, -0.15) is 0 Å². The minimum absolute atomic E-state index is 0.103. The van der Waals surface area contributed by atoms with Crippen molar-refractivity contribution in [1.29, 1.82) is 0 Å². The molecule has 2 amide bonds. The largest absolute Gasteiger partial charge is 0.484 e. The first-order valence-electron chi connectivity index (χ1n) is 6.12. The zero-order chi connectivity index (χ0) is 15.2. The molecule has 0 aliphatic rings. The minimum atomic E-state index is -0.508. The van der Waals surface area contributed by atoms with Crippen molar-refractivity contribution in [3.05, 3.63) is 58.6 Å². The van der Waals surface area contributed by atoms with Gasteiger partial charge in [-0.3, -0.25) is 9.59 Å². The summed E-state index contributed by atoms with van der Waals surface area (Å²) < 4.78 is 6.24. The van der Waals surface area contributed by atoms with E-state index in [1.165, 1.54) is 0 Å². The van der Waals surface area contributed by atoms with Crippen LogP contribution in [0.15, 0.2) is 53.0 Å². The number of nitrogens with one attached hydrogen (secondary N) is 1. The standard InChI is InChI=1S/C15H13BrN2O3/c16-11-2-1-3-13(8-11)21-9-14(19)18-12-6-4-10(5-7-12)15(17)20/h1-8H,9H2,(H2,17,20)(H,18,19). The number of halogens is 1. The molecule has 3 N–H and O–H groups in total. The summed E-state index contributed by atoms with van der Waals surface area (Å²) in [6, 6.07) is 13.5. The molecule has 6 heteroatoms. The quantitative estimate of drug-likeness (QED) is 0.871. The second-order valence-corrected chi connectivity index (χ2v) is 5.15. The van der Waals surface area contributed by atoms with Gasteiger partial charge in [0, 0.05) is 15.7 Å². The van der Waals surface area contributed by atoms with Crippen LogP contribution in [-0.4, -0.2) is 18.4 Å². The zero-order valence-corrected chi connectivity index (χ0v) is 12.6. The van der Waals surface area contributed by atoms with Gasteiger partial charge in [0.25, 0.3) is 5.91 Å². The van der Waals surface area contributed by atoms with Crippen molar-refractivity contribution in [3.63, 3.8) is 0 Å². The smallest absolute Gasteiger partial charge is 0.262 e. The molecule has 0 unspecified atom stereocenters. The van der Waals surface area contributed by atoms with Gasteiger partial charge in [0.1, 0.15) is 5.75 Å². The van der Waals surface area contributed by atoms with Gasteiger partial charge in [-0.1, -0.05) is 22.0 Å². The Morgan fingerprint density at radius 1 is 1.14 bits per heavy atom. The highest BCUT2D eigenvalue weighted by molar-refractivity contribution is 9.10. The summed E-state index contributed by atoms with van der Waals surface area (Å²) in [5, 5.41) is 2.67. The van der Waals surface area contributed by atoms with Crippen molar-refractivity contribution >= 4 is 33.4 Å². The number of nitrogens with two attached hydrogens (primary N) is 1. The molecular weight excluding hydrogens is 336 g/mol. The van der Waals surface area contributed by atoms with E-state index in [1.807, 2.05) is 12.1 Å². The molecular formula is C15H13BrN2O3. The molecule has 21 heavy (non-hydrogen) atoms. The van der Waals surface area contributed by atoms with E-state index in [1.54, 1.807) is 36.4 Å². The van der Waals surface area contributed by atoms with Crippen molar-refractivity contribution in [1.82, 2.24) is 0 Å². The Kier molecular flexibility index (Phi) is 4.94. The third kappa shape index (κ3) is 4.61. The summed E-state index contributed by atoms with van der Waals surface area (Å²) in [6.07, 6.45) is 0. The van der Waals surface area contributed by atoms with Crippen LogP contribution in [0.4, 0.5) is 5.69 Å². The fourth-order valence-corrected chi connectivity index (χ4v) is 2.00. The van der Waals surface area contributed by atoms with E-state index in [-0.39, 0.29) is 12.5 Å². The Morgan fingerprint density at radius 3 is 2.48 bits per heavy atom. The zero-order valence-electron chi connectivity index (χ0n) is 11.0. The Hall–Kier alpha value is -2.34. The van der Waals surface area contributed by atoms with Gasteiger partial charge in [-0.05, 0) is 42.5 Å². The molecule has 0 saturated carbocycles.